The molecule has 1 unspecified atom stereocenters. The first kappa shape index (κ1) is 14.3. The maximum atomic E-state index is 12.0. The number of imide groups is 1. The van der Waals surface area contributed by atoms with Crippen molar-refractivity contribution in [3.63, 3.8) is 0 Å². The highest BCUT2D eigenvalue weighted by molar-refractivity contribution is 9.12. The van der Waals surface area contributed by atoms with Crippen molar-refractivity contribution in [3.8, 4) is 0 Å². The molecular weight excluding hydrogens is 336 g/mol. The van der Waals surface area contributed by atoms with Crippen LogP contribution >= 0.6 is 15.9 Å². The highest BCUT2D eigenvalue weighted by Gasteiger charge is 2.38. The second kappa shape index (κ2) is 5.61. The third kappa shape index (κ3) is 2.38. The van der Waals surface area contributed by atoms with E-state index in [0.717, 1.165) is 24.1 Å². The molecule has 110 valence electrons. The highest BCUT2D eigenvalue weighted by Crippen LogP contribution is 2.42. The van der Waals surface area contributed by atoms with Crippen LogP contribution in [0.3, 0.4) is 0 Å². The summed E-state index contributed by atoms with van der Waals surface area (Å²) >= 11 is 3.21. The van der Waals surface area contributed by atoms with E-state index in [1.807, 2.05) is 29.2 Å². The lowest BCUT2D eigenvalue weighted by atomic mass is 9.97. The largest absolute Gasteiger partial charge is 0.396 e. The van der Waals surface area contributed by atoms with E-state index in [9.17, 15) is 9.59 Å². The van der Waals surface area contributed by atoms with Crippen LogP contribution in [0.25, 0.3) is 0 Å². The quantitative estimate of drug-likeness (QED) is 0.809. The van der Waals surface area contributed by atoms with Crippen LogP contribution in [0.2, 0.25) is 0 Å². The van der Waals surface area contributed by atoms with Crippen molar-refractivity contribution in [1.29, 1.82) is 0 Å². The lowest BCUT2D eigenvalue weighted by Crippen LogP contribution is -2.30. The van der Waals surface area contributed by atoms with Gasteiger partial charge in [0.2, 0.25) is 0 Å². The zero-order valence-electron chi connectivity index (χ0n) is 11.3. The summed E-state index contributed by atoms with van der Waals surface area (Å²) in [4.78, 5) is 25.5. The molecule has 1 aromatic carbocycles. The Morgan fingerprint density at radius 3 is 2.71 bits per heavy atom. The van der Waals surface area contributed by atoms with Gasteiger partial charge in [0.15, 0.2) is 0 Å². The van der Waals surface area contributed by atoms with Crippen LogP contribution in [0.4, 0.5) is 5.69 Å². The number of carbonyl (C=O) groups excluding carboxylic acids is 2. The minimum absolute atomic E-state index is 0.157. The van der Waals surface area contributed by atoms with E-state index in [0.29, 0.717) is 12.2 Å². The first-order chi connectivity index (χ1) is 10.1. The minimum atomic E-state index is -0.397. The molecule has 21 heavy (non-hydrogen) atoms. The second-order valence-corrected chi connectivity index (χ2v) is 5.97. The van der Waals surface area contributed by atoms with Crippen LogP contribution in [-0.4, -0.2) is 30.1 Å². The van der Waals surface area contributed by atoms with E-state index in [2.05, 4.69) is 21.2 Å². The molecule has 0 bridgehead atoms. The molecule has 0 aromatic heterocycles. The molecule has 2 heterocycles. The number of carbonyl (C=O) groups is 2. The van der Waals surface area contributed by atoms with E-state index in [1.54, 1.807) is 0 Å². The first-order valence-corrected chi connectivity index (χ1v) is 7.65. The molecule has 0 saturated carbocycles. The Morgan fingerprint density at radius 1 is 1.29 bits per heavy atom. The van der Waals surface area contributed by atoms with Gasteiger partial charge in [-0.05, 0) is 40.4 Å². The summed E-state index contributed by atoms with van der Waals surface area (Å²) in [5.41, 5.74) is 2.49. The van der Waals surface area contributed by atoms with Crippen LogP contribution < -0.4 is 10.2 Å². The van der Waals surface area contributed by atoms with Crippen LogP contribution in [-0.2, 0) is 9.59 Å². The fraction of sp³-hybridized carbons (Fsp3) is 0.333. The average molecular weight is 351 g/mol. The Balaban J connectivity index is 1.99. The van der Waals surface area contributed by atoms with Crippen molar-refractivity contribution in [2.24, 2.45) is 0 Å². The van der Waals surface area contributed by atoms with E-state index in [-0.39, 0.29) is 22.9 Å². The lowest BCUT2D eigenvalue weighted by molar-refractivity contribution is -0.123. The SMILES string of the molecule is O=C1NC(=O)C(N2CC(CCCO)c3ccccc32)=C1Br. The number of benzene rings is 1. The number of aliphatic hydroxyl groups is 1. The molecule has 2 aliphatic rings. The van der Waals surface area contributed by atoms with Gasteiger partial charge < -0.3 is 10.0 Å². The molecule has 6 heteroatoms. The molecule has 1 aromatic rings. The number of amides is 2. The van der Waals surface area contributed by atoms with Crippen LogP contribution in [0.1, 0.15) is 24.3 Å². The van der Waals surface area contributed by atoms with Gasteiger partial charge in [0, 0.05) is 24.8 Å². The zero-order chi connectivity index (χ0) is 15.0. The van der Waals surface area contributed by atoms with Crippen molar-refractivity contribution >= 4 is 33.4 Å². The fourth-order valence-corrected chi connectivity index (χ4v) is 3.45. The summed E-state index contributed by atoms with van der Waals surface area (Å²) in [6.07, 6.45) is 1.57. The maximum Gasteiger partial charge on any atom is 0.276 e. The monoisotopic (exact) mass is 350 g/mol. The molecule has 0 aliphatic carbocycles. The van der Waals surface area contributed by atoms with Crippen LogP contribution in [0.5, 0.6) is 0 Å². The summed E-state index contributed by atoms with van der Waals surface area (Å²) in [6, 6.07) is 7.89. The average Bonchev–Trinajstić information content (AvgIpc) is 2.95. The van der Waals surface area contributed by atoms with Crippen molar-refractivity contribution in [2.75, 3.05) is 18.1 Å². The zero-order valence-corrected chi connectivity index (χ0v) is 12.9. The molecular formula is C15H15BrN2O3. The molecule has 2 N–H and O–H groups in total. The Hall–Kier alpha value is -1.66. The standard InChI is InChI=1S/C15H15BrN2O3/c16-12-13(15(21)17-14(12)20)18-8-9(4-3-7-19)10-5-1-2-6-11(10)18/h1-2,5-6,9,19H,3-4,7-8H2,(H,17,20,21). The summed E-state index contributed by atoms with van der Waals surface area (Å²) in [5, 5.41) is 11.3. The van der Waals surface area contributed by atoms with Gasteiger partial charge in [0.05, 0.1) is 0 Å². The topological polar surface area (TPSA) is 69.6 Å². The number of rotatable bonds is 4. The number of aliphatic hydroxyl groups excluding tert-OH is 1. The molecule has 1 atom stereocenters. The van der Waals surface area contributed by atoms with Crippen LogP contribution in [0, 0.1) is 0 Å². The smallest absolute Gasteiger partial charge is 0.276 e. The Bertz CT molecular complexity index is 642. The minimum Gasteiger partial charge on any atom is -0.396 e. The predicted molar refractivity (Wildman–Crippen MR) is 82.0 cm³/mol. The van der Waals surface area contributed by atoms with E-state index in [4.69, 9.17) is 5.11 Å². The number of halogens is 1. The number of nitrogens with one attached hydrogen (secondary N) is 1. The van der Waals surface area contributed by atoms with Crippen LogP contribution in [0.15, 0.2) is 34.4 Å². The van der Waals surface area contributed by atoms with Crippen molar-refractivity contribution in [2.45, 2.75) is 18.8 Å². The first-order valence-electron chi connectivity index (χ1n) is 6.86. The third-order valence-corrected chi connectivity index (χ3v) is 4.64. The number of hydrogen-bond donors (Lipinski definition) is 2. The highest BCUT2D eigenvalue weighted by atomic mass is 79.9. The van der Waals surface area contributed by atoms with Crippen molar-refractivity contribution in [3.05, 3.63) is 40.0 Å². The molecule has 0 spiro atoms. The Kier molecular flexibility index (Phi) is 3.82. The predicted octanol–water partition coefficient (Wildman–Crippen LogP) is 1.63. The van der Waals surface area contributed by atoms with Gasteiger partial charge in [0.25, 0.3) is 11.8 Å². The molecule has 0 radical (unpaired) electrons. The van der Waals surface area contributed by atoms with E-state index >= 15 is 0 Å². The lowest BCUT2D eigenvalue weighted by Gasteiger charge is -2.19. The van der Waals surface area contributed by atoms with Gasteiger partial charge in [-0.2, -0.15) is 0 Å². The molecule has 3 rings (SSSR count). The summed E-state index contributed by atoms with van der Waals surface area (Å²) in [5.74, 6) is -0.513. The number of nitrogens with zero attached hydrogens (tertiary/aromatic N) is 1. The molecule has 0 saturated heterocycles. The van der Waals surface area contributed by atoms with E-state index < -0.39 is 5.91 Å². The Labute approximate surface area is 130 Å². The maximum absolute atomic E-state index is 12.0. The third-order valence-electron chi connectivity index (χ3n) is 3.90. The molecule has 0 fully saturated rings. The van der Waals surface area contributed by atoms with Gasteiger partial charge in [0.1, 0.15) is 10.2 Å². The van der Waals surface area contributed by atoms with Gasteiger partial charge >= 0.3 is 0 Å². The number of para-hydroxylation sites is 1. The normalized spacial score (nSPS) is 21.0. The van der Waals surface area contributed by atoms with E-state index in [1.165, 1.54) is 0 Å². The number of hydrogen-bond acceptors (Lipinski definition) is 4. The molecule has 2 aliphatic heterocycles. The summed E-state index contributed by atoms with van der Waals surface area (Å²) < 4.78 is 0.283. The van der Waals surface area contributed by atoms with Gasteiger partial charge in [-0.25, -0.2) is 0 Å². The van der Waals surface area contributed by atoms with Gasteiger partial charge in [-0.15, -0.1) is 0 Å². The molecule has 5 nitrogen and oxygen atoms in total. The summed E-state index contributed by atoms with van der Waals surface area (Å²) in [7, 11) is 0. The van der Waals surface area contributed by atoms with Gasteiger partial charge in [-0.3, -0.25) is 14.9 Å². The molecule has 2 amide bonds. The second-order valence-electron chi connectivity index (χ2n) is 5.18. The van der Waals surface area contributed by atoms with Crippen molar-refractivity contribution in [1.82, 2.24) is 5.32 Å². The van der Waals surface area contributed by atoms with Gasteiger partial charge in [-0.1, -0.05) is 18.2 Å². The Morgan fingerprint density at radius 2 is 2.05 bits per heavy atom. The summed E-state index contributed by atoms with van der Waals surface area (Å²) in [6.45, 7) is 0.800. The number of fused-ring (bicyclic) bond motifs is 1. The fourth-order valence-electron chi connectivity index (χ4n) is 2.96. The van der Waals surface area contributed by atoms with Crippen molar-refractivity contribution < 1.29 is 14.7 Å². The number of anilines is 1.